The van der Waals surface area contributed by atoms with Crippen molar-refractivity contribution in [3.63, 3.8) is 0 Å². The molecule has 2 saturated carbocycles. The molecule has 5 heteroatoms. The maximum Gasteiger partial charge on any atom is 0.0758 e. The van der Waals surface area contributed by atoms with Crippen LogP contribution in [0, 0.1) is 11.3 Å². The molecule has 4 nitrogen and oxygen atoms in total. The molecule has 140 valence electrons. The summed E-state index contributed by atoms with van der Waals surface area (Å²) >= 11 is 5.08. The van der Waals surface area contributed by atoms with Crippen LogP contribution in [-0.4, -0.2) is 41.6 Å². The van der Waals surface area contributed by atoms with Gasteiger partial charge in [-0.3, -0.25) is 0 Å². The third kappa shape index (κ3) is 6.58. The van der Waals surface area contributed by atoms with Crippen LogP contribution in [0.25, 0.3) is 0 Å². The summed E-state index contributed by atoms with van der Waals surface area (Å²) in [5.41, 5.74) is 5.96. The quantitative estimate of drug-likeness (QED) is 0.650. The molecule has 0 heterocycles. The van der Waals surface area contributed by atoms with Gasteiger partial charge in [-0.2, -0.15) is 0 Å². The number of rotatable bonds is 8. The number of nitrogens with two attached hydrogens (primary N) is 1. The predicted octanol–water partition coefficient (Wildman–Crippen LogP) is 3.58. The van der Waals surface area contributed by atoms with Gasteiger partial charge in [-0.1, -0.05) is 19.1 Å². The molecule has 2 aliphatic carbocycles. The van der Waals surface area contributed by atoms with E-state index in [0.717, 1.165) is 71.0 Å². The van der Waals surface area contributed by atoms with Gasteiger partial charge in [0.2, 0.25) is 0 Å². The first-order chi connectivity index (χ1) is 11.4. The number of ether oxygens (including phenoxy) is 2. The minimum absolute atomic E-state index is 0.104. The highest BCUT2D eigenvalue weighted by molar-refractivity contribution is 7.80. The fraction of sp³-hybridized carbons (Fsp3) is 0.947. The van der Waals surface area contributed by atoms with E-state index in [2.05, 4.69) is 13.8 Å². The molecule has 0 aromatic carbocycles. The van der Waals surface area contributed by atoms with Crippen LogP contribution in [0.2, 0.25) is 0 Å². The Hall–Kier alpha value is -0.230. The fourth-order valence-corrected chi connectivity index (χ4v) is 4.02. The first-order valence-corrected chi connectivity index (χ1v) is 9.99. The molecule has 0 aliphatic heterocycles. The monoisotopic (exact) mass is 357 g/mol. The molecule has 0 bridgehead atoms. The highest BCUT2D eigenvalue weighted by Crippen LogP contribution is 2.36. The Labute approximate surface area is 152 Å². The van der Waals surface area contributed by atoms with Crippen LogP contribution < -0.4 is 5.73 Å². The van der Waals surface area contributed by atoms with Gasteiger partial charge in [0.1, 0.15) is 0 Å². The summed E-state index contributed by atoms with van der Waals surface area (Å²) in [7, 11) is 0. The Balaban J connectivity index is 1.55. The lowest BCUT2D eigenvalue weighted by Gasteiger charge is -2.36. The van der Waals surface area contributed by atoms with E-state index in [0.29, 0.717) is 17.0 Å². The zero-order chi connectivity index (χ0) is 17.6. The molecule has 0 spiro atoms. The van der Waals surface area contributed by atoms with E-state index >= 15 is 0 Å². The van der Waals surface area contributed by atoms with Gasteiger partial charge in [0.05, 0.1) is 29.9 Å². The molecule has 24 heavy (non-hydrogen) atoms. The second kappa shape index (κ2) is 9.46. The summed E-state index contributed by atoms with van der Waals surface area (Å²) in [4.78, 5) is 0.666. The predicted molar refractivity (Wildman–Crippen MR) is 101 cm³/mol. The molecular weight excluding hydrogens is 322 g/mol. The van der Waals surface area contributed by atoms with Crippen molar-refractivity contribution in [3.8, 4) is 0 Å². The van der Waals surface area contributed by atoms with E-state index in [4.69, 9.17) is 27.4 Å². The van der Waals surface area contributed by atoms with E-state index < -0.39 is 0 Å². The second-order valence-corrected chi connectivity index (χ2v) is 8.67. The smallest absolute Gasteiger partial charge is 0.0758 e. The Morgan fingerprint density at radius 2 is 1.83 bits per heavy atom. The fourth-order valence-electron chi connectivity index (χ4n) is 3.79. The molecule has 1 atom stereocenters. The lowest BCUT2D eigenvalue weighted by molar-refractivity contribution is -0.0470. The van der Waals surface area contributed by atoms with Crippen LogP contribution in [0.5, 0.6) is 0 Å². The maximum atomic E-state index is 9.63. The van der Waals surface area contributed by atoms with E-state index in [1.165, 1.54) is 0 Å². The molecule has 2 fully saturated rings. The van der Waals surface area contributed by atoms with E-state index in [1.807, 2.05) is 0 Å². The number of thiocarbonyl (C=S) groups is 1. The number of hydrogen-bond acceptors (Lipinski definition) is 4. The normalized spacial score (nSPS) is 35.5. The third-order valence-electron chi connectivity index (χ3n) is 5.83. The Kier molecular flexibility index (Phi) is 7.92. The van der Waals surface area contributed by atoms with Crippen molar-refractivity contribution in [1.82, 2.24) is 0 Å². The van der Waals surface area contributed by atoms with Crippen molar-refractivity contribution in [1.29, 1.82) is 0 Å². The van der Waals surface area contributed by atoms with Gasteiger partial charge in [-0.25, -0.2) is 0 Å². The minimum atomic E-state index is -0.104. The summed E-state index contributed by atoms with van der Waals surface area (Å²) in [6.07, 6.45) is 9.62. The van der Waals surface area contributed by atoms with Crippen molar-refractivity contribution >= 4 is 17.2 Å². The minimum Gasteiger partial charge on any atom is -0.393 e. The number of aliphatic hydroxyl groups excluding tert-OH is 1. The summed E-state index contributed by atoms with van der Waals surface area (Å²) < 4.78 is 12.1. The van der Waals surface area contributed by atoms with Gasteiger partial charge in [-0.05, 0) is 70.1 Å². The van der Waals surface area contributed by atoms with Crippen molar-refractivity contribution < 1.29 is 14.6 Å². The molecule has 3 N–H and O–H groups in total. The molecule has 0 amide bonds. The van der Waals surface area contributed by atoms with E-state index in [9.17, 15) is 5.11 Å². The Morgan fingerprint density at radius 3 is 2.42 bits per heavy atom. The lowest BCUT2D eigenvalue weighted by Crippen LogP contribution is -2.33. The van der Waals surface area contributed by atoms with Crippen molar-refractivity contribution in [2.45, 2.75) is 89.9 Å². The van der Waals surface area contributed by atoms with Crippen LogP contribution in [0.4, 0.5) is 0 Å². The maximum absolute atomic E-state index is 9.63. The molecular formula is C19H35NO3S. The SMILES string of the molecule is C[C@H](CCOC1CCC(C(N)=S)CC1)OCC1(C)CCC(O)CC1. The molecule has 0 saturated heterocycles. The summed E-state index contributed by atoms with van der Waals surface area (Å²) in [6, 6.07) is 0. The van der Waals surface area contributed by atoms with Gasteiger partial charge < -0.3 is 20.3 Å². The van der Waals surface area contributed by atoms with Crippen molar-refractivity contribution in [3.05, 3.63) is 0 Å². The summed E-state index contributed by atoms with van der Waals surface area (Å²) in [6.45, 7) is 5.97. The van der Waals surface area contributed by atoms with Crippen LogP contribution >= 0.6 is 12.2 Å². The first kappa shape index (κ1) is 20.1. The zero-order valence-corrected chi connectivity index (χ0v) is 16.2. The van der Waals surface area contributed by atoms with Gasteiger partial charge in [-0.15, -0.1) is 0 Å². The molecule has 2 rings (SSSR count). The van der Waals surface area contributed by atoms with E-state index in [-0.39, 0.29) is 17.6 Å². The molecule has 0 aromatic rings. The summed E-state index contributed by atoms with van der Waals surface area (Å²) in [5.74, 6) is 0.414. The molecule has 0 aromatic heterocycles. The zero-order valence-electron chi connectivity index (χ0n) is 15.3. The van der Waals surface area contributed by atoms with Crippen LogP contribution in [0.3, 0.4) is 0 Å². The standard InChI is InChI=1S/C19H35NO3S/c1-14(23-13-19(2)10-7-16(21)8-11-19)9-12-22-17-5-3-15(4-6-17)18(20)24/h14-17,21H,3-13H2,1-2H3,(H2,20,24)/t14-,15?,16?,17?,19?/m1/s1. The van der Waals surface area contributed by atoms with Crippen molar-refractivity contribution in [2.24, 2.45) is 17.1 Å². The molecule has 0 radical (unpaired) electrons. The van der Waals surface area contributed by atoms with E-state index in [1.54, 1.807) is 0 Å². The van der Waals surface area contributed by atoms with Crippen LogP contribution in [0.15, 0.2) is 0 Å². The van der Waals surface area contributed by atoms with Gasteiger partial charge in [0.25, 0.3) is 0 Å². The largest absolute Gasteiger partial charge is 0.393 e. The average molecular weight is 358 g/mol. The lowest BCUT2D eigenvalue weighted by atomic mass is 9.75. The third-order valence-corrected chi connectivity index (χ3v) is 6.17. The summed E-state index contributed by atoms with van der Waals surface area (Å²) in [5, 5.41) is 9.63. The van der Waals surface area contributed by atoms with Gasteiger partial charge in [0, 0.05) is 12.5 Å². The van der Waals surface area contributed by atoms with Crippen molar-refractivity contribution in [2.75, 3.05) is 13.2 Å². The topological polar surface area (TPSA) is 64.7 Å². The van der Waals surface area contributed by atoms with Crippen LogP contribution in [0.1, 0.15) is 71.6 Å². The first-order valence-electron chi connectivity index (χ1n) is 9.58. The Bertz CT molecular complexity index is 388. The van der Waals surface area contributed by atoms with Gasteiger partial charge in [0.15, 0.2) is 0 Å². The highest BCUT2D eigenvalue weighted by Gasteiger charge is 2.31. The van der Waals surface area contributed by atoms with Gasteiger partial charge >= 0.3 is 0 Å². The second-order valence-electron chi connectivity index (χ2n) is 8.20. The average Bonchev–Trinajstić information content (AvgIpc) is 2.57. The van der Waals surface area contributed by atoms with Crippen LogP contribution in [-0.2, 0) is 9.47 Å². The number of aliphatic hydroxyl groups is 1. The molecule has 0 unspecified atom stereocenters. The number of hydrogen-bond donors (Lipinski definition) is 2. The Morgan fingerprint density at radius 1 is 1.21 bits per heavy atom. The molecule has 2 aliphatic rings. The highest BCUT2D eigenvalue weighted by atomic mass is 32.1.